The molecule has 0 unspecified atom stereocenters. The maximum Gasteiger partial charge on any atom is 0.471 e. The summed E-state index contributed by atoms with van der Waals surface area (Å²) in [7, 11) is 0. The van der Waals surface area contributed by atoms with Gasteiger partial charge in [-0.15, -0.1) is 0 Å². The molecule has 0 spiro atoms. The molecule has 5 rings (SSSR count). The molecule has 1 N–H and O–H groups in total. The average Bonchev–Trinajstić information content (AvgIpc) is 3.40. The maximum atomic E-state index is 13.4. The molecule has 0 bridgehead atoms. The monoisotopic (exact) mass is 446 g/mol. The topological polar surface area (TPSA) is 71.3 Å². The number of carbonyl (C=O) groups excluding carboxylic acids is 1. The first kappa shape index (κ1) is 20.6. The molecular formula is C22H18F4N4O2. The van der Waals surface area contributed by atoms with Crippen LogP contribution in [0.15, 0.2) is 47.0 Å². The SMILES string of the molecule is O=C1c2cc(-c3noc(C(F)(F)F)n3)ccc2CN1[C@@H]1CCNC[C@H]1c1ccc(F)cc1. The summed E-state index contributed by atoms with van der Waals surface area (Å²) >= 11 is 0. The van der Waals surface area contributed by atoms with Crippen molar-refractivity contribution < 1.29 is 26.9 Å². The molecule has 6 nitrogen and oxygen atoms in total. The van der Waals surface area contributed by atoms with Crippen molar-refractivity contribution in [1.29, 1.82) is 0 Å². The van der Waals surface area contributed by atoms with Gasteiger partial charge >= 0.3 is 12.1 Å². The van der Waals surface area contributed by atoms with Gasteiger partial charge in [0.15, 0.2) is 0 Å². The molecule has 166 valence electrons. The highest BCUT2D eigenvalue weighted by atomic mass is 19.4. The second-order valence-corrected chi connectivity index (χ2v) is 7.94. The highest BCUT2D eigenvalue weighted by Crippen LogP contribution is 2.36. The number of alkyl halides is 3. The van der Waals surface area contributed by atoms with Gasteiger partial charge in [0, 0.05) is 36.2 Å². The lowest BCUT2D eigenvalue weighted by Crippen LogP contribution is -2.48. The van der Waals surface area contributed by atoms with Gasteiger partial charge in [-0.2, -0.15) is 18.2 Å². The Morgan fingerprint density at radius 3 is 2.62 bits per heavy atom. The normalized spacial score (nSPS) is 21.1. The molecular weight excluding hydrogens is 428 g/mol. The van der Waals surface area contributed by atoms with Gasteiger partial charge in [-0.05, 0) is 42.3 Å². The van der Waals surface area contributed by atoms with E-state index in [2.05, 4.69) is 20.0 Å². The van der Waals surface area contributed by atoms with Crippen LogP contribution in [0.2, 0.25) is 0 Å². The number of nitrogens with one attached hydrogen (secondary N) is 1. The minimum absolute atomic E-state index is 0.00589. The van der Waals surface area contributed by atoms with Gasteiger partial charge in [0.25, 0.3) is 5.91 Å². The van der Waals surface area contributed by atoms with E-state index in [0.717, 1.165) is 24.1 Å². The molecule has 0 saturated carbocycles. The quantitative estimate of drug-likeness (QED) is 0.616. The van der Waals surface area contributed by atoms with E-state index in [-0.39, 0.29) is 35.1 Å². The van der Waals surface area contributed by atoms with Crippen LogP contribution in [-0.2, 0) is 12.7 Å². The Morgan fingerprint density at radius 1 is 1.12 bits per heavy atom. The zero-order valence-electron chi connectivity index (χ0n) is 16.7. The predicted molar refractivity (Wildman–Crippen MR) is 105 cm³/mol. The molecule has 3 aromatic rings. The fourth-order valence-electron chi connectivity index (χ4n) is 4.45. The van der Waals surface area contributed by atoms with Crippen molar-refractivity contribution in [3.05, 3.63) is 70.9 Å². The molecule has 1 aromatic heterocycles. The Bertz CT molecular complexity index is 1160. The number of nitrogens with zero attached hydrogens (tertiary/aromatic N) is 3. The fraction of sp³-hybridized carbons (Fsp3) is 0.318. The largest absolute Gasteiger partial charge is 0.471 e. The van der Waals surface area contributed by atoms with Crippen LogP contribution < -0.4 is 5.32 Å². The van der Waals surface area contributed by atoms with Gasteiger partial charge in [0.2, 0.25) is 5.82 Å². The number of carbonyl (C=O) groups is 1. The third-order valence-corrected chi connectivity index (χ3v) is 6.01. The van der Waals surface area contributed by atoms with Crippen molar-refractivity contribution >= 4 is 5.91 Å². The van der Waals surface area contributed by atoms with E-state index in [0.29, 0.717) is 18.7 Å². The van der Waals surface area contributed by atoms with Crippen LogP contribution in [0.25, 0.3) is 11.4 Å². The summed E-state index contributed by atoms with van der Waals surface area (Å²) in [6.45, 7) is 1.80. The van der Waals surface area contributed by atoms with Gasteiger partial charge < -0.3 is 14.7 Å². The highest BCUT2D eigenvalue weighted by Gasteiger charge is 2.40. The van der Waals surface area contributed by atoms with Gasteiger partial charge in [-0.3, -0.25) is 4.79 Å². The Kier molecular flexibility index (Phi) is 4.96. The Balaban J connectivity index is 1.42. The summed E-state index contributed by atoms with van der Waals surface area (Å²) in [5.41, 5.74) is 2.42. The smallest absolute Gasteiger partial charge is 0.331 e. The molecule has 1 saturated heterocycles. The van der Waals surface area contributed by atoms with Crippen LogP contribution in [0.3, 0.4) is 0 Å². The van der Waals surface area contributed by atoms with E-state index in [4.69, 9.17) is 0 Å². The Labute approximate surface area is 180 Å². The lowest BCUT2D eigenvalue weighted by Gasteiger charge is -2.38. The number of hydrogen-bond donors (Lipinski definition) is 1. The first-order chi connectivity index (χ1) is 15.3. The van der Waals surface area contributed by atoms with E-state index in [1.165, 1.54) is 18.2 Å². The van der Waals surface area contributed by atoms with Crippen molar-refractivity contribution in [2.75, 3.05) is 13.1 Å². The molecule has 0 radical (unpaired) electrons. The Hall–Kier alpha value is -3.27. The second kappa shape index (κ2) is 7.70. The fourth-order valence-corrected chi connectivity index (χ4v) is 4.45. The number of fused-ring (bicyclic) bond motifs is 1. The zero-order valence-corrected chi connectivity index (χ0v) is 16.7. The molecule has 2 aromatic carbocycles. The Morgan fingerprint density at radius 2 is 1.91 bits per heavy atom. The molecule has 10 heteroatoms. The van der Waals surface area contributed by atoms with Crippen LogP contribution in [0.4, 0.5) is 17.6 Å². The van der Waals surface area contributed by atoms with Crippen molar-refractivity contribution in [3.63, 3.8) is 0 Å². The van der Waals surface area contributed by atoms with Crippen molar-refractivity contribution in [2.45, 2.75) is 31.1 Å². The number of piperidine rings is 1. The molecule has 2 aliphatic rings. The summed E-state index contributed by atoms with van der Waals surface area (Å²) in [5, 5.41) is 6.73. The first-order valence-corrected chi connectivity index (χ1v) is 10.1. The number of hydrogen-bond acceptors (Lipinski definition) is 5. The molecule has 32 heavy (non-hydrogen) atoms. The van der Waals surface area contributed by atoms with E-state index < -0.39 is 12.1 Å². The number of rotatable bonds is 3. The zero-order chi connectivity index (χ0) is 22.5. The van der Waals surface area contributed by atoms with E-state index in [9.17, 15) is 22.4 Å². The molecule has 2 atom stereocenters. The number of benzene rings is 2. The molecule has 3 heterocycles. The second-order valence-electron chi connectivity index (χ2n) is 7.94. The van der Waals surface area contributed by atoms with Crippen LogP contribution in [0.5, 0.6) is 0 Å². The molecule has 2 aliphatic heterocycles. The average molecular weight is 446 g/mol. The van der Waals surface area contributed by atoms with Gasteiger partial charge in [0.05, 0.1) is 0 Å². The van der Waals surface area contributed by atoms with Crippen LogP contribution in [-0.4, -0.2) is 40.1 Å². The minimum Gasteiger partial charge on any atom is -0.331 e. The van der Waals surface area contributed by atoms with Gasteiger partial charge in [0.1, 0.15) is 5.82 Å². The lowest BCUT2D eigenvalue weighted by molar-refractivity contribution is -0.159. The van der Waals surface area contributed by atoms with E-state index in [1.54, 1.807) is 29.2 Å². The summed E-state index contributed by atoms with van der Waals surface area (Å²) < 4.78 is 56.0. The summed E-state index contributed by atoms with van der Waals surface area (Å²) in [5.74, 6) is -2.18. The van der Waals surface area contributed by atoms with Crippen LogP contribution in [0.1, 0.15) is 39.7 Å². The van der Waals surface area contributed by atoms with Crippen LogP contribution >= 0.6 is 0 Å². The molecule has 1 fully saturated rings. The molecule has 1 amide bonds. The van der Waals surface area contributed by atoms with Crippen LogP contribution in [0, 0.1) is 5.82 Å². The summed E-state index contributed by atoms with van der Waals surface area (Å²) in [6.07, 6.45) is -4.01. The van der Waals surface area contributed by atoms with E-state index in [1.807, 2.05) is 0 Å². The first-order valence-electron chi connectivity index (χ1n) is 10.1. The predicted octanol–water partition coefficient (Wildman–Crippen LogP) is 4.00. The highest BCUT2D eigenvalue weighted by molar-refractivity contribution is 5.99. The third kappa shape index (κ3) is 3.64. The lowest BCUT2D eigenvalue weighted by atomic mass is 9.86. The van der Waals surface area contributed by atoms with E-state index >= 15 is 0 Å². The van der Waals surface area contributed by atoms with Crippen molar-refractivity contribution in [1.82, 2.24) is 20.4 Å². The summed E-state index contributed by atoms with van der Waals surface area (Å²) in [6, 6.07) is 11.0. The van der Waals surface area contributed by atoms with Crippen molar-refractivity contribution in [2.24, 2.45) is 0 Å². The van der Waals surface area contributed by atoms with Crippen molar-refractivity contribution in [3.8, 4) is 11.4 Å². The maximum absolute atomic E-state index is 13.4. The van der Waals surface area contributed by atoms with Gasteiger partial charge in [-0.25, -0.2) is 4.39 Å². The third-order valence-electron chi connectivity index (χ3n) is 6.01. The number of halogens is 4. The van der Waals surface area contributed by atoms with Gasteiger partial charge in [-0.1, -0.05) is 29.4 Å². The minimum atomic E-state index is -4.74. The number of aromatic nitrogens is 2. The summed E-state index contributed by atoms with van der Waals surface area (Å²) in [4.78, 5) is 18.5. The number of amides is 1. The molecule has 0 aliphatic carbocycles. The standard InChI is InChI=1S/C22H18F4N4O2/c23-15-5-3-12(4-6-15)17-10-27-8-7-18(17)30-11-14-2-1-13(9-16(14)20(30)31)19-28-21(32-29-19)22(24,25)26/h1-6,9,17-18,27H,7-8,10-11H2/t17-,18+/m0/s1.